The first-order valence-electron chi connectivity index (χ1n) is 10.4. The third-order valence-corrected chi connectivity index (χ3v) is 6.24. The Morgan fingerprint density at radius 3 is 2.66 bits per heavy atom. The van der Waals surface area contributed by atoms with Crippen molar-refractivity contribution in [3.05, 3.63) is 76.3 Å². The molecule has 0 spiro atoms. The number of H-pyrrole nitrogens is 1. The summed E-state index contributed by atoms with van der Waals surface area (Å²) in [5, 5.41) is 0.652. The van der Waals surface area contributed by atoms with Gasteiger partial charge < -0.3 is 9.88 Å². The lowest BCUT2D eigenvalue weighted by atomic mass is 10.1. The first kappa shape index (κ1) is 18.1. The molecule has 1 saturated heterocycles. The summed E-state index contributed by atoms with van der Waals surface area (Å²) >= 11 is 0. The van der Waals surface area contributed by atoms with E-state index in [4.69, 9.17) is 0 Å². The summed E-state index contributed by atoms with van der Waals surface area (Å²) in [6.07, 6.45) is 6.20. The van der Waals surface area contributed by atoms with E-state index in [9.17, 15) is 4.79 Å². The van der Waals surface area contributed by atoms with Crippen molar-refractivity contribution in [1.29, 1.82) is 0 Å². The molecule has 1 atom stereocenters. The molecule has 3 heterocycles. The van der Waals surface area contributed by atoms with Gasteiger partial charge in [0, 0.05) is 49.8 Å². The van der Waals surface area contributed by atoms with E-state index in [1.54, 1.807) is 12.3 Å². The molecule has 0 saturated carbocycles. The summed E-state index contributed by atoms with van der Waals surface area (Å²) in [5.74, 6) is 0. The largest absolute Gasteiger partial charge is 0.369 e. The molecule has 148 valence electrons. The lowest BCUT2D eigenvalue weighted by molar-refractivity contribution is 0.214. The minimum absolute atomic E-state index is 0.0540. The van der Waals surface area contributed by atoms with Gasteiger partial charge in [-0.15, -0.1) is 0 Å². The van der Waals surface area contributed by atoms with Crippen molar-refractivity contribution in [2.75, 3.05) is 31.1 Å². The molecule has 0 unspecified atom stereocenters. The predicted octanol–water partition coefficient (Wildman–Crippen LogP) is 3.60. The molecule has 2 aliphatic rings. The quantitative estimate of drug-likeness (QED) is 0.747. The highest BCUT2D eigenvalue weighted by molar-refractivity contribution is 5.81. The average Bonchev–Trinajstić information content (AvgIpc) is 3.25. The smallest absolute Gasteiger partial charge is 0.257 e. The number of nitrogens with zero attached hydrogens (tertiary/aromatic N) is 3. The van der Waals surface area contributed by atoms with Crippen LogP contribution in [0.25, 0.3) is 16.5 Å². The third kappa shape index (κ3) is 3.58. The predicted molar refractivity (Wildman–Crippen MR) is 118 cm³/mol. The normalized spacial score (nSPS) is 20.2. The van der Waals surface area contributed by atoms with Crippen molar-refractivity contribution in [3.63, 3.8) is 0 Å². The van der Waals surface area contributed by atoms with Crippen molar-refractivity contribution in [2.45, 2.75) is 25.8 Å². The summed E-state index contributed by atoms with van der Waals surface area (Å²) in [4.78, 5) is 24.9. The van der Waals surface area contributed by atoms with Crippen LogP contribution in [0.3, 0.4) is 0 Å². The number of hydrogen-bond acceptors (Lipinski definition) is 4. The monoisotopic (exact) mass is 386 g/mol. The number of aromatic amines is 1. The highest BCUT2D eigenvalue weighted by atomic mass is 16.1. The van der Waals surface area contributed by atoms with Crippen molar-refractivity contribution in [1.82, 2.24) is 14.9 Å². The fourth-order valence-electron chi connectivity index (χ4n) is 4.54. The Hall–Kier alpha value is -2.92. The molecular weight excluding hydrogens is 360 g/mol. The van der Waals surface area contributed by atoms with Gasteiger partial charge in [-0.05, 0) is 55.7 Å². The van der Waals surface area contributed by atoms with Crippen LogP contribution in [0.4, 0.5) is 5.69 Å². The summed E-state index contributed by atoms with van der Waals surface area (Å²) < 4.78 is 0. The molecular formula is C24H26N4O. The van der Waals surface area contributed by atoms with E-state index in [1.807, 2.05) is 12.1 Å². The first-order valence-corrected chi connectivity index (χ1v) is 10.4. The van der Waals surface area contributed by atoms with Crippen LogP contribution in [0.2, 0.25) is 0 Å². The maximum atomic E-state index is 12.4. The molecule has 5 heteroatoms. The second-order valence-corrected chi connectivity index (χ2v) is 8.10. The minimum Gasteiger partial charge on any atom is -0.369 e. The lowest BCUT2D eigenvalue weighted by Crippen LogP contribution is -2.49. The molecule has 29 heavy (non-hydrogen) atoms. The maximum Gasteiger partial charge on any atom is 0.257 e. The highest BCUT2D eigenvalue weighted by Crippen LogP contribution is 2.31. The molecule has 0 radical (unpaired) electrons. The number of hydrogen-bond donors (Lipinski definition) is 1. The molecule has 5 rings (SSSR count). The Labute approximate surface area is 170 Å². The van der Waals surface area contributed by atoms with Crippen LogP contribution in [-0.4, -0.2) is 47.1 Å². The molecule has 1 fully saturated rings. The third-order valence-electron chi connectivity index (χ3n) is 6.24. The van der Waals surface area contributed by atoms with Crippen molar-refractivity contribution >= 4 is 22.2 Å². The molecule has 0 bridgehead atoms. The van der Waals surface area contributed by atoms with Gasteiger partial charge in [0.1, 0.15) is 0 Å². The minimum atomic E-state index is -0.0540. The van der Waals surface area contributed by atoms with E-state index in [-0.39, 0.29) is 5.56 Å². The van der Waals surface area contributed by atoms with Gasteiger partial charge in [-0.2, -0.15) is 0 Å². The molecule has 2 aromatic heterocycles. The van der Waals surface area contributed by atoms with Crippen LogP contribution in [0.15, 0.2) is 59.5 Å². The summed E-state index contributed by atoms with van der Waals surface area (Å²) in [6, 6.07) is 14.9. The highest BCUT2D eigenvalue weighted by Gasteiger charge is 2.27. The van der Waals surface area contributed by atoms with Gasteiger partial charge in [0.25, 0.3) is 5.56 Å². The van der Waals surface area contributed by atoms with Gasteiger partial charge in [-0.25, -0.2) is 0 Å². The first-order chi connectivity index (χ1) is 14.2. The molecule has 1 aliphatic carbocycles. The topological polar surface area (TPSA) is 52.2 Å². The maximum absolute atomic E-state index is 12.4. The molecule has 5 nitrogen and oxygen atoms in total. The number of pyridine rings is 2. The Morgan fingerprint density at radius 2 is 1.86 bits per heavy atom. The SMILES string of the molecule is Cc1ccc(N2CCN([C@H]3C=C(c4cc5ncccc5c(=O)[nH]4)CC3)CC2)cc1. The Kier molecular flexibility index (Phi) is 4.68. The van der Waals surface area contributed by atoms with Crippen LogP contribution in [0.1, 0.15) is 24.1 Å². The van der Waals surface area contributed by atoms with E-state index in [2.05, 4.69) is 57.0 Å². The van der Waals surface area contributed by atoms with Crippen molar-refractivity contribution < 1.29 is 0 Å². The molecule has 1 aromatic carbocycles. The van der Waals surface area contributed by atoms with Crippen molar-refractivity contribution in [3.8, 4) is 0 Å². The van der Waals surface area contributed by atoms with Crippen LogP contribution in [0.5, 0.6) is 0 Å². The van der Waals surface area contributed by atoms with E-state index < -0.39 is 0 Å². The number of aryl methyl sites for hydroxylation is 1. The molecule has 0 amide bonds. The summed E-state index contributed by atoms with van der Waals surface area (Å²) in [7, 11) is 0. The zero-order chi connectivity index (χ0) is 19.8. The molecule has 1 N–H and O–H groups in total. The number of fused-ring (bicyclic) bond motifs is 1. The Balaban J connectivity index is 1.29. The van der Waals surface area contributed by atoms with Gasteiger partial charge in [-0.1, -0.05) is 23.8 Å². The fourth-order valence-corrected chi connectivity index (χ4v) is 4.54. The van der Waals surface area contributed by atoms with Gasteiger partial charge >= 0.3 is 0 Å². The standard InChI is InChI=1S/C24H26N4O/c1-17-4-7-19(8-5-17)27-11-13-28(14-12-27)20-9-6-18(15-20)22-16-23-21(24(29)26-22)3-2-10-25-23/h2-5,7-8,10,15-16,20H,6,9,11-14H2,1H3,(H,26,29)/t20-/m1/s1. The van der Waals surface area contributed by atoms with Crippen LogP contribution < -0.4 is 10.5 Å². The van der Waals surface area contributed by atoms with Crippen LogP contribution >= 0.6 is 0 Å². The van der Waals surface area contributed by atoms with Crippen molar-refractivity contribution in [2.24, 2.45) is 0 Å². The summed E-state index contributed by atoms with van der Waals surface area (Å²) in [5.41, 5.74) is 5.49. The van der Waals surface area contributed by atoms with Gasteiger partial charge in [0.15, 0.2) is 0 Å². The number of benzene rings is 1. The molecule has 1 aliphatic heterocycles. The summed E-state index contributed by atoms with van der Waals surface area (Å²) in [6.45, 7) is 6.37. The lowest BCUT2D eigenvalue weighted by Gasteiger charge is -2.38. The van der Waals surface area contributed by atoms with Gasteiger partial charge in [0.05, 0.1) is 10.9 Å². The van der Waals surface area contributed by atoms with E-state index >= 15 is 0 Å². The number of aromatic nitrogens is 2. The van der Waals surface area contributed by atoms with E-state index in [1.165, 1.54) is 16.8 Å². The second kappa shape index (κ2) is 7.48. The van der Waals surface area contributed by atoms with E-state index in [0.29, 0.717) is 11.4 Å². The van der Waals surface area contributed by atoms with Crippen LogP contribution in [0, 0.1) is 6.92 Å². The average molecular weight is 386 g/mol. The van der Waals surface area contributed by atoms with E-state index in [0.717, 1.165) is 50.2 Å². The number of rotatable bonds is 3. The number of nitrogens with one attached hydrogen (secondary N) is 1. The van der Waals surface area contributed by atoms with Crippen LogP contribution in [-0.2, 0) is 0 Å². The number of allylic oxidation sites excluding steroid dienone is 1. The second-order valence-electron chi connectivity index (χ2n) is 8.10. The van der Waals surface area contributed by atoms with Gasteiger partial charge in [0.2, 0.25) is 0 Å². The zero-order valence-corrected chi connectivity index (χ0v) is 16.8. The Bertz CT molecular complexity index is 1110. The zero-order valence-electron chi connectivity index (χ0n) is 16.8. The number of anilines is 1. The molecule has 3 aromatic rings. The number of piperazine rings is 1. The Morgan fingerprint density at radius 1 is 1.07 bits per heavy atom. The van der Waals surface area contributed by atoms with Gasteiger partial charge in [-0.3, -0.25) is 14.7 Å². The fraction of sp³-hybridized carbons (Fsp3) is 0.333.